The fourth-order valence-electron chi connectivity index (χ4n) is 6.87. The Labute approximate surface area is 252 Å². The second-order valence-electron chi connectivity index (χ2n) is 11.6. The maximum absolute atomic E-state index is 16.7. The number of hydrogen-bond acceptors (Lipinski definition) is 11. The Kier molecular flexibility index (Phi) is 7.77. The SMILES string of the molecule is OCCOc1c(F)cnc2cc(O)cc(-c3ncc4c(N5CCCOCC5)nc(OCC56CCCN5CCC6)nc4c3F)c12. The second kappa shape index (κ2) is 11.9. The molecule has 0 radical (unpaired) electrons. The molecular weight excluding hydrogens is 574 g/mol. The quantitative estimate of drug-likeness (QED) is 0.303. The number of benzene rings is 1. The molecule has 3 fully saturated rings. The summed E-state index contributed by atoms with van der Waals surface area (Å²) in [7, 11) is 0. The van der Waals surface area contributed by atoms with E-state index in [0.29, 0.717) is 44.1 Å². The number of fused-ring (bicyclic) bond motifs is 3. The molecule has 0 saturated carbocycles. The van der Waals surface area contributed by atoms with Crippen molar-refractivity contribution in [2.45, 2.75) is 37.6 Å². The number of halogens is 2. The highest BCUT2D eigenvalue weighted by Gasteiger charge is 2.45. The molecule has 0 amide bonds. The minimum Gasteiger partial charge on any atom is -0.508 e. The van der Waals surface area contributed by atoms with Gasteiger partial charge in [0.1, 0.15) is 36.0 Å². The molecule has 2 N–H and O–H groups in total. The number of aromatic nitrogens is 4. The molecule has 0 bridgehead atoms. The molecule has 6 heterocycles. The topological polar surface area (TPSA) is 126 Å². The summed E-state index contributed by atoms with van der Waals surface area (Å²) < 4.78 is 49.1. The van der Waals surface area contributed by atoms with Crippen LogP contribution in [-0.2, 0) is 4.74 Å². The summed E-state index contributed by atoms with van der Waals surface area (Å²) in [6.45, 7) is 4.27. The second-order valence-corrected chi connectivity index (χ2v) is 11.6. The first-order chi connectivity index (χ1) is 21.5. The molecule has 232 valence electrons. The number of pyridine rings is 2. The summed E-state index contributed by atoms with van der Waals surface area (Å²) in [6.07, 6.45) is 7.52. The predicted octanol–water partition coefficient (Wildman–Crippen LogP) is 3.83. The Bertz CT molecular complexity index is 1690. The Morgan fingerprint density at radius 3 is 2.61 bits per heavy atom. The Morgan fingerprint density at radius 2 is 1.80 bits per heavy atom. The van der Waals surface area contributed by atoms with Crippen molar-refractivity contribution < 1.29 is 33.2 Å². The third-order valence-electron chi connectivity index (χ3n) is 8.90. The highest BCUT2D eigenvalue weighted by Crippen LogP contribution is 2.42. The molecule has 3 saturated heterocycles. The molecule has 0 unspecified atom stereocenters. The van der Waals surface area contributed by atoms with Crippen LogP contribution in [0, 0.1) is 11.6 Å². The molecule has 0 spiro atoms. The standard InChI is InChI=1S/C31H34F2N6O5/c32-22-17-34-23-15-19(41)14-20(24(23)28(22)43-13-10-40)26-25(33)27-21(16-35-26)29(38-6-3-11-42-12-9-38)37-30(36-27)44-18-31-4-1-7-39(31)8-2-5-31/h14-17,40-41H,1-13,18H2. The van der Waals surface area contributed by atoms with Gasteiger partial charge in [-0.2, -0.15) is 9.97 Å². The zero-order chi connectivity index (χ0) is 30.3. The van der Waals surface area contributed by atoms with E-state index >= 15 is 4.39 Å². The van der Waals surface area contributed by atoms with Crippen LogP contribution in [0.4, 0.5) is 14.6 Å². The molecule has 13 heteroatoms. The lowest BCUT2D eigenvalue weighted by molar-refractivity contribution is 0.108. The number of nitrogens with zero attached hydrogens (tertiary/aromatic N) is 6. The molecule has 3 aliphatic heterocycles. The molecule has 11 nitrogen and oxygen atoms in total. The van der Waals surface area contributed by atoms with Crippen molar-refractivity contribution in [2.75, 3.05) is 64.1 Å². The third kappa shape index (κ3) is 5.12. The van der Waals surface area contributed by atoms with Gasteiger partial charge in [-0.25, -0.2) is 8.78 Å². The lowest BCUT2D eigenvalue weighted by atomic mass is 9.95. The van der Waals surface area contributed by atoms with E-state index in [1.807, 2.05) is 4.90 Å². The number of ether oxygens (including phenoxy) is 3. The maximum Gasteiger partial charge on any atom is 0.319 e. The molecule has 4 aromatic rings. The average Bonchev–Trinajstić information content (AvgIpc) is 3.49. The zero-order valence-corrected chi connectivity index (χ0v) is 24.3. The normalized spacial score (nSPS) is 18.6. The van der Waals surface area contributed by atoms with E-state index in [-0.39, 0.29) is 63.9 Å². The van der Waals surface area contributed by atoms with Gasteiger partial charge in [0.15, 0.2) is 17.4 Å². The molecule has 0 aliphatic carbocycles. The van der Waals surface area contributed by atoms with Gasteiger partial charge in [0.2, 0.25) is 0 Å². The van der Waals surface area contributed by atoms with E-state index in [1.54, 1.807) is 0 Å². The Hall–Kier alpha value is -3.94. The minimum atomic E-state index is -0.796. The largest absolute Gasteiger partial charge is 0.508 e. The first kappa shape index (κ1) is 28.8. The van der Waals surface area contributed by atoms with Crippen molar-refractivity contribution in [3.63, 3.8) is 0 Å². The first-order valence-electron chi connectivity index (χ1n) is 15.1. The Morgan fingerprint density at radius 1 is 0.955 bits per heavy atom. The van der Waals surface area contributed by atoms with Crippen LogP contribution in [0.1, 0.15) is 32.1 Å². The van der Waals surface area contributed by atoms with Gasteiger partial charge in [0.05, 0.1) is 41.2 Å². The van der Waals surface area contributed by atoms with Crippen LogP contribution < -0.4 is 14.4 Å². The van der Waals surface area contributed by atoms with E-state index in [2.05, 4.69) is 19.9 Å². The smallest absolute Gasteiger partial charge is 0.319 e. The lowest BCUT2D eigenvalue weighted by Gasteiger charge is -2.31. The van der Waals surface area contributed by atoms with Gasteiger partial charge in [-0.3, -0.25) is 14.9 Å². The molecule has 0 atom stereocenters. The number of phenols is 1. The fourth-order valence-corrected chi connectivity index (χ4v) is 6.87. The van der Waals surface area contributed by atoms with E-state index in [1.165, 1.54) is 18.3 Å². The molecular formula is C31H34F2N6O5. The van der Waals surface area contributed by atoms with Crippen molar-refractivity contribution in [3.05, 3.63) is 36.2 Å². The summed E-state index contributed by atoms with van der Waals surface area (Å²) in [6, 6.07) is 2.68. The first-order valence-corrected chi connectivity index (χ1v) is 15.1. The summed E-state index contributed by atoms with van der Waals surface area (Å²) in [5, 5.41) is 20.3. The van der Waals surface area contributed by atoms with Crippen LogP contribution >= 0.6 is 0 Å². The van der Waals surface area contributed by atoms with Gasteiger partial charge in [0.25, 0.3) is 0 Å². The lowest BCUT2D eigenvalue weighted by Crippen LogP contribution is -2.43. The molecule has 44 heavy (non-hydrogen) atoms. The number of aliphatic hydroxyl groups is 1. The molecule has 7 rings (SSSR count). The van der Waals surface area contributed by atoms with Gasteiger partial charge in [-0.1, -0.05) is 0 Å². The highest BCUT2D eigenvalue weighted by molar-refractivity contribution is 6.01. The highest BCUT2D eigenvalue weighted by atomic mass is 19.1. The van der Waals surface area contributed by atoms with Crippen LogP contribution in [-0.4, -0.2) is 99.8 Å². The van der Waals surface area contributed by atoms with E-state index < -0.39 is 11.6 Å². The van der Waals surface area contributed by atoms with E-state index in [9.17, 15) is 14.6 Å². The number of aliphatic hydroxyl groups excluding tert-OH is 1. The number of rotatable bonds is 8. The molecule has 3 aliphatic rings. The number of anilines is 1. The summed E-state index contributed by atoms with van der Waals surface area (Å²) in [5.41, 5.74) is -0.00247. The van der Waals surface area contributed by atoms with E-state index in [0.717, 1.165) is 51.4 Å². The molecule has 3 aromatic heterocycles. The van der Waals surface area contributed by atoms with E-state index in [4.69, 9.17) is 19.2 Å². The van der Waals surface area contributed by atoms with Crippen molar-refractivity contribution in [3.8, 4) is 28.8 Å². The Balaban J connectivity index is 1.37. The minimum absolute atomic E-state index is 0.00829. The fraction of sp³-hybridized carbons (Fsp3) is 0.484. The van der Waals surface area contributed by atoms with Crippen LogP contribution in [0.3, 0.4) is 0 Å². The monoisotopic (exact) mass is 608 g/mol. The van der Waals surface area contributed by atoms with Gasteiger partial charge in [-0.05, 0) is 51.3 Å². The van der Waals surface area contributed by atoms with Crippen molar-refractivity contribution in [2.24, 2.45) is 0 Å². The van der Waals surface area contributed by atoms with Crippen LogP contribution in [0.25, 0.3) is 33.1 Å². The summed E-state index contributed by atoms with van der Waals surface area (Å²) >= 11 is 0. The van der Waals surface area contributed by atoms with Gasteiger partial charge in [-0.15, -0.1) is 0 Å². The third-order valence-corrected chi connectivity index (χ3v) is 8.90. The summed E-state index contributed by atoms with van der Waals surface area (Å²) in [5.74, 6) is -1.52. The summed E-state index contributed by atoms with van der Waals surface area (Å²) in [4.78, 5) is 22.4. The van der Waals surface area contributed by atoms with Crippen molar-refractivity contribution in [1.29, 1.82) is 0 Å². The average molecular weight is 609 g/mol. The number of hydrogen-bond donors (Lipinski definition) is 2. The van der Waals surface area contributed by atoms with Crippen molar-refractivity contribution in [1.82, 2.24) is 24.8 Å². The van der Waals surface area contributed by atoms with Crippen LogP contribution in [0.15, 0.2) is 24.5 Å². The number of aromatic hydroxyl groups is 1. The molecule has 1 aromatic carbocycles. The van der Waals surface area contributed by atoms with Crippen molar-refractivity contribution >= 4 is 27.6 Å². The maximum atomic E-state index is 16.7. The van der Waals surface area contributed by atoms with Gasteiger partial charge in [0, 0.05) is 37.5 Å². The number of phenolic OH excluding ortho intramolecular Hbond substituents is 1. The van der Waals surface area contributed by atoms with Gasteiger partial charge < -0.3 is 29.3 Å². The van der Waals surface area contributed by atoms with Gasteiger partial charge >= 0.3 is 6.01 Å². The predicted molar refractivity (Wildman–Crippen MR) is 158 cm³/mol. The zero-order valence-electron chi connectivity index (χ0n) is 24.3. The van der Waals surface area contributed by atoms with Crippen LogP contribution in [0.5, 0.6) is 17.5 Å². The van der Waals surface area contributed by atoms with Crippen LogP contribution in [0.2, 0.25) is 0 Å².